The first-order valence-corrected chi connectivity index (χ1v) is 8.60. The molecule has 0 saturated carbocycles. The Hall–Kier alpha value is -2.60. The average molecular weight is 355 g/mol. The number of rotatable bonds is 3. The number of hydrogen-bond acceptors (Lipinski definition) is 4. The largest absolute Gasteiger partial charge is 0.370 e. The Balaban J connectivity index is 1.74. The third-order valence-electron chi connectivity index (χ3n) is 4.70. The molecule has 26 heavy (non-hydrogen) atoms. The van der Waals surface area contributed by atoms with Crippen LogP contribution >= 0.6 is 0 Å². The van der Waals surface area contributed by atoms with Crippen molar-refractivity contribution in [2.45, 2.75) is 19.5 Å². The fourth-order valence-corrected chi connectivity index (χ4v) is 3.39. The molecule has 6 heteroatoms. The van der Waals surface area contributed by atoms with E-state index in [0.29, 0.717) is 31.0 Å². The number of aromatic nitrogens is 2. The van der Waals surface area contributed by atoms with Crippen molar-refractivity contribution in [3.05, 3.63) is 65.5 Å². The van der Waals surface area contributed by atoms with E-state index in [2.05, 4.69) is 9.97 Å². The van der Waals surface area contributed by atoms with Gasteiger partial charge in [0.25, 0.3) is 6.43 Å². The predicted molar refractivity (Wildman–Crippen MR) is 96.6 cm³/mol. The Morgan fingerprint density at radius 2 is 1.85 bits per heavy atom. The molecule has 1 aromatic heterocycles. The highest BCUT2D eigenvalue weighted by Crippen LogP contribution is 2.32. The van der Waals surface area contributed by atoms with Gasteiger partial charge < -0.3 is 9.64 Å². The number of morpholine rings is 1. The summed E-state index contributed by atoms with van der Waals surface area (Å²) in [5.41, 5.74) is 2.80. The number of halogens is 2. The molecule has 134 valence electrons. The number of hydrogen-bond donors (Lipinski definition) is 0. The minimum absolute atomic E-state index is 0.117. The van der Waals surface area contributed by atoms with Crippen molar-refractivity contribution in [2.75, 3.05) is 24.6 Å². The molecule has 1 atom stereocenters. The summed E-state index contributed by atoms with van der Waals surface area (Å²) in [6.45, 7) is 3.73. The van der Waals surface area contributed by atoms with Gasteiger partial charge >= 0.3 is 0 Å². The standard InChI is InChI=1S/C20H19F2N3O/c1-13-6-2-3-7-14(13)17-12-25(10-11-26-17)20-15-8-4-5-9-16(15)23-19(24-20)18(21)22/h2-9,17-18H,10-12H2,1H3. The zero-order valence-corrected chi connectivity index (χ0v) is 14.4. The molecule has 4 rings (SSSR count). The van der Waals surface area contributed by atoms with Gasteiger partial charge in [-0.05, 0) is 30.2 Å². The molecule has 0 aliphatic carbocycles. The van der Waals surface area contributed by atoms with Crippen LogP contribution in [0.1, 0.15) is 29.5 Å². The zero-order chi connectivity index (χ0) is 18.1. The fraction of sp³-hybridized carbons (Fsp3) is 0.300. The van der Waals surface area contributed by atoms with E-state index in [1.165, 1.54) is 0 Å². The van der Waals surface area contributed by atoms with E-state index in [1.54, 1.807) is 12.1 Å². The SMILES string of the molecule is Cc1ccccc1C1CN(c2nc(C(F)F)nc3ccccc23)CCO1. The number of nitrogens with zero attached hydrogens (tertiary/aromatic N) is 3. The zero-order valence-electron chi connectivity index (χ0n) is 14.4. The van der Waals surface area contributed by atoms with Gasteiger partial charge in [0.05, 0.1) is 12.1 Å². The first kappa shape index (κ1) is 16.8. The molecule has 3 aromatic rings. The van der Waals surface area contributed by atoms with E-state index in [-0.39, 0.29) is 6.10 Å². The number of ether oxygens (including phenoxy) is 1. The van der Waals surface area contributed by atoms with E-state index in [1.807, 2.05) is 48.2 Å². The van der Waals surface area contributed by atoms with Crippen molar-refractivity contribution < 1.29 is 13.5 Å². The molecule has 1 saturated heterocycles. The van der Waals surface area contributed by atoms with Gasteiger partial charge in [-0.2, -0.15) is 0 Å². The van der Waals surface area contributed by atoms with E-state index < -0.39 is 12.2 Å². The number of aryl methyl sites for hydroxylation is 1. The summed E-state index contributed by atoms with van der Waals surface area (Å²) in [6.07, 6.45) is -2.82. The van der Waals surface area contributed by atoms with Crippen LogP contribution in [0, 0.1) is 6.92 Å². The summed E-state index contributed by atoms with van der Waals surface area (Å²) in [6, 6.07) is 15.4. The summed E-state index contributed by atoms with van der Waals surface area (Å²) < 4.78 is 32.5. The van der Waals surface area contributed by atoms with Gasteiger partial charge in [-0.25, -0.2) is 18.7 Å². The number of para-hydroxylation sites is 1. The second-order valence-corrected chi connectivity index (χ2v) is 6.39. The summed E-state index contributed by atoms with van der Waals surface area (Å²) >= 11 is 0. The van der Waals surface area contributed by atoms with Crippen molar-refractivity contribution in [1.82, 2.24) is 9.97 Å². The molecular formula is C20H19F2N3O. The van der Waals surface area contributed by atoms with Crippen LogP contribution in [0.2, 0.25) is 0 Å². The molecule has 1 aliphatic heterocycles. The third kappa shape index (κ3) is 3.12. The molecule has 1 fully saturated rings. The van der Waals surface area contributed by atoms with E-state index in [0.717, 1.165) is 16.5 Å². The maximum Gasteiger partial charge on any atom is 0.297 e. The monoisotopic (exact) mass is 355 g/mol. The first-order valence-electron chi connectivity index (χ1n) is 8.60. The number of fused-ring (bicyclic) bond motifs is 1. The molecule has 0 amide bonds. The third-order valence-corrected chi connectivity index (χ3v) is 4.70. The van der Waals surface area contributed by atoms with Crippen molar-refractivity contribution in [1.29, 1.82) is 0 Å². The lowest BCUT2D eigenvalue weighted by molar-refractivity contribution is 0.0391. The van der Waals surface area contributed by atoms with Gasteiger partial charge in [0.1, 0.15) is 11.9 Å². The molecule has 2 heterocycles. The van der Waals surface area contributed by atoms with Crippen LogP contribution in [0.15, 0.2) is 48.5 Å². The number of alkyl halides is 2. The highest BCUT2D eigenvalue weighted by atomic mass is 19.3. The molecule has 0 radical (unpaired) electrons. The van der Waals surface area contributed by atoms with Crippen LogP contribution in [0.4, 0.5) is 14.6 Å². The molecule has 4 nitrogen and oxygen atoms in total. The van der Waals surface area contributed by atoms with E-state index in [9.17, 15) is 8.78 Å². The van der Waals surface area contributed by atoms with Crippen LogP contribution in [0.5, 0.6) is 0 Å². The Morgan fingerprint density at radius 1 is 1.08 bits per heavy atom. The van der Waals surface area contributed by atoms with Gasteiger partial charge in [0.15, 0.2) is 5.82 Å². The molecule has 1 aliphatic rings. The van der Waals surface area contributed by atoms with E-state index in [4.69, 9.17) is 4.74 Å². The van der Waals surface area contributed by atoms with Crippen LogP contribution in [-0.4, -0.2) is 29.7 Å². The second-order valence-electron chi connectivity index (χ2n) is 6.39. The Kier molecular flexibility index (Phi) is 4.51. The van der Waals surface area contributed by atoms with Crippen LogP contribution < -0.4 is 4.90 Å². The maximum atomic E-state index is 13.3. The van der Waals surface area contributed by atoms with E-state index >= 15 is 0 Å². The summed E-state index contributed by atoms with van der Waals surface area (Å²) in [5, 5.41) is 0.780. The maximum absolute atomic E-state index is 13.3. The van der Waals surface area contributed by atoms with Crippen molar-refractivity contribution in [3.8, 4) is 0 Å². The minimum atomic E-state index is -2.70. The van der Waals surface area contributed by atoms with Gasteiger partial charge in [0.2, 0.25) is 0 Å². The van der Waals surface area contributed by atoms with Gasteiger partial charge in [-0.15, -0.1) is 0 Å². The lowest BCUT2D eigenvalue weighted by Crippen LogP contribution is -2.39. The number of anilines is 1. The Labute approximate surface area is 150 Å². The summed E-state index contributed by atoms with van der Waals surface area (Å²) in [4.78, 5) is 10.2. The summed E-state index contributed by atoms with van der Waals surface area (Å²) in [5.74, 6) is 0.116. The average Bonchev–Trinajstić information content (AvgIpc) is 2.67. The molecule has 2 aromatic carbocycles. The predicted octanol–water partition coefficient (Wildman–Crippen LogP) is 4.45. The molecule has 0 N–H and O–H groups in total. The topological polar surface area (TPSA) is 38.2 Å². The Morgan fingerprint density at radius 3 is 2.65 bits per heavy atom. The molecule has 1 unspecified atom stereocenters. The molecule has 0 bridgehead atoms. The molecular weight excluding hydrogens is 336 g/mol. The Bertz CT molecular complexity index is 932. The lowest BCUT2D eigenvalue weighted by Gasteiger charge is -2.35. The smallest absolute Gasteiger partial charge is 0.297 e. The quantitative estimate of drug-likeness (QED) is 0.696. The second kappa shape index (κ2) is 6.96. The van der Waals surface area contributed by atoms with Crippen molar-refractivity contribution in [3.63, 3.8) is 0 Å². The van der Waals surface area contributed by atoms with Gasteiger partial charge in [-0.1, -0.05) is 36.4 Å². The van der Waals surface area contributed by atoms with Crippen molar-refractivity contribution >= 4 is 16.7 Å². The van der Waals surface area contributed by atoms with Gasteiger partial charge in [-0.3, -0.25) is 0 Å². The van der Waals surface area contributed by atoms with Crippen LogP contribution in [0.3, 0.4) is 0 Å². The van der Waals surface area contributed by atoms with Crippen LogP contribution in [-0.2, 0) is 4.74 Å². The first-order chi connectivity index (χ1) is 12.6. The minimum Gasteiger partial charge on any atom is -0.370 e. The highest BCUT2D eigenvalue weighted by Gasteiger charge is 2.26. The lowest BCUT2D eigenvalue weighted by atomic mass is 10.0. The normalized spacial score (nSPS) is 17.8. The van der Waals surface area contributed by atoms with Crippen LogP contribution in [0.25, 0.3) is 10.9 Å². The highest BCUT2D eigenvalue weighted by molar-refractivity contribution is 5.89. The van der Waals surface area contributed by atoms with Crippen molar-refractivity contribution in [2.24, 2.45) is 0 Å². The summed E-state index contributed by atoms with van der Waals surface area (Å²) in [7, 11) is 0. The fourth-order valence-electron chi connectivity index (χ4n) is 3.39. The number of benzene rings is 2. The molecule has 0 spiro atoms. The van der Waals surface area contributed by atoms with Gasteiger partial charge in [0, 0.05) is 18.5 Å².